The Hall–Kier alpha value is -2.62. The van der Waals surface area contributed by atoms with Gasteiger partial charge in [0.2, 0.25) is 11.8 Å². The van der Waals surface area contributed by atoms with Crippen molar-refractivity contribution >= 4 is 17.5 Å². The molecule has 0 bridgehead atoms. The van der Waals surface area contributed by atoms with Crippen LogP contribution in [0.3, 0.4) is 0 Å². The summed E-state index contributed by atoms with van der Waals surface area (Å²) in [5, 5.41) is 6.12. The van der Waals surface area contributed by atoms with Crippen molar-refractivity contribution in [3.63, 3.8) is 0 Å². The standard InChI is InChI=1S/C24H30N2O2/c1-16-5-4-6-19(14-16)15-25-23(27)20-8-10-21(11-9-20)24(28)26-22-12-7-17(2)13-18(22)3/h4-7,12-14,20-21H,8-11,15H2,1-3H3,(H,25,27)(H,26,28). The molecule has 4 heteroatoms. The van der Waals surface area contributed by atoms with Gasteiger partial charge in [-0.2, -0.15) is 0 Å². The van der Waals surface area contributed by atoms with E-state index in [2.05, 4.69) is 35.8 Å². The minimum Gasteiger partial charge on any atom is -0.352 e. The molecule has 0 spiro atoms. The molecule has 2 N–H and O–H groups in total. The largest absolute Gasteiger partial charge is 0.352 e. The molecule has 3 rings (SSSR count). The molecular weight excluding hydrogens is 348 g/mol. The van der Waals surface area contributed by atoms with Crippen molar-refractivity contribution in [1.82, 2.24) is 5.32 Å². The van der Waals surface area contributed by atoms with Gasteiger partial charge < -0.3 is 10.6 Å². The van der Waals surface area contributed by atoms with Crippen LogP contribution in [0.2, 0.25) is 0 Å². The van der Waals surface area contributed by atoms with Crippen molar-refractivity contribution in [2.45, 2.75) is 53.0 Å². The Morgan fingerprint density at radius 3 is 2.14 bits per heavy atom. The lowest BCUT2D eigenvalue weighted by Crippen LogP contribution is -2.35. The fourth-order valence-electron chi connectivity index (χ4n) is 3.96. The van der Waals surface area contributed by atoms with Crippen LogP contribution < -0.4 is 10.6 Å². The quantitative estimate of drug-likeness (QED) is 0.794. The van der Waals surface area contributed by atoms with Gasteiger partial charge in [-0.05, 0) is 63.6 Å². The van der Waals surface area contributed by atoms with Crippen LogP contribution in [-0.4, -0.2) is 11.8 Å². The number of benzene rings is 2. The average molecular weight is 379 g/mol. The van der Waals surface area contributed by atoms with Gasteiger partial charge in [-0.15, -0.1) is 0 Å². The lowest BCUT2D eigenvalue weighted by Gasteiger charge is -2.27. The maximum atomic E-state index is 12.6. The molecule has 0 aliphatic heterocycles. The van der Waals surface area contributed by atoms with E-state index in [1.54, 1.807) is 0 Å². The first-order valence-corrected chi connectivity index (χ1v) is 10.1. The van der Waals surface area contributed by atoms with E-state index >= 15 is 0 Å². The molecule has 2 aromatic rings. The molecule has 2 aromatic carbocycles. The SMILES string of the molecule is Cc1cccc(CNC(=O)C2CCC(C(=O)Nc3ccc(C)cc3C)CC2)c1. The number of nitrogens with one attached hydrogen (secondary N) is 2. The Kier molecular flexibility index (Phi) is 6.50. The average Bonchev–Trinajstić information content (AvgIpc) is 2.68. The summed E-state index contributed by atoms with van der Waals surface area (Å²) < 4.78 is 0. The number of anilines is 1. The van der Waals surface area contributed by atoms with Crippen molar-refractivity contribution in [2.75, 3.05) is 5.32 Å². The molecule has 4 nitrogen and oxygen atoms in total. The van der Waals surface area contributed by atoms with Gasteiger partial charge in [0.25, 0.3) is 0 Å². The minimum atomic E-state index is -0.0125. The van der Waals surface area contributed by atoms with Crippen LogP contribution >= 0.6 is 0 Å². The second-order valence-electron chi connectivity index (χ2n) is 8.06. The van der Waals surface area contributed by atoms with Crippen LogP contribution in [0.4, 0.5) is 5.69 Å². The van der Waals surface area contributed by atoms with Crippen molar-refractivity contribution in [3.8, 4) is 0 Å². The molecule has 1 aliphatic rings. The molecule has 148 valence electrons. The number of hydrogen-bond donors (Lipinski definition) is 2. The van der Waals surface area contributed by atoms with Crippen LogP contribution in [0.15, 0.2) is 42.5 Å². The molecular formula is C24H30N2O2. The predicted molar refractivity (Wildman–Crippen MR) is 113 cm³/mol. The van der Waals surface area contributed by atoms with E-state index in [1.807, 2.05) is 38.1 Å². The van der Waals surface area contributed by atoms with Gasteiger partial charge in [0.15, 0.2) is 0 Å². The third-order valence-electron chi connectivity index (χ3n) is 5.66. The van der Waals surface area contributed by atoms with Crippen molar-refractivity contribution in [2.24, 2.45) is 11.8 Å². The van der Waals surface area contributed by atoms with Crippen LogP contribution in [0.1, 0.15) is 47.9 Å². The highest BCUT2D eigenvalue weighted by Gasteiger charge is 2.30. The first-order chi connectivity index (χ1) is 13.4. The summed E-state index contributed by atoms with van der Waals surface area (Å²) in [7, 11) is 0. The molecule has 0 radical (unpaired) electrons. The van der Waals surface area contributed by atoms with Crippen LogP contribution in [0.25, 0.3) is 0 Å². The molecule has 0 aromatic heterocycles. The van der Waals surface area contributed by atoms with Crippen molar-refractivity contribution < 1.29 is 9.59 Å². The normalized spacial score (nSPS) is 19.1. The number of carbonyl (C=O) groups excluding carboxylic acids is 2. The van der Waals surface area contributed by atoms with E-state index in [0.29, 0.717) is 6.54 Å². The molecule has 2 amide bonds. The maximum absolute atomic E-state index is 12.6. The maximum Gasteiger partial charge on any atom is 0.227 e. The summed E-state index contributed by atoms with van der Waals surface area (Å²) >= 11 is 0. The molecule has 1 fully saturated rings. The van der Waals surface area contributed by atoms with Crippen molar-refractivity contribution in [3.05, 3.63) is 64.7 Å². The number of aryl methyl sites for hydroxylation is 3. The van der Waals surface area contributed by atoms with Gasteiger partial charge in [0.05, 0.1) is 0 Å². The van der Waals surface area contributed by atoms with Crippen molar-refractivity contribution in [1.29, 1.82) is 0 Å². The second-order valence-corrected chi connectivity index (χ2v) is 8.06. The van der Waals surface area contributed by atoms with Gasteiger partial charge in [0.1, 0.15) is 0 Å². The molecule has 1 saturated carbocycles. The van der Waals surface area contributed by atoms with Gasteiger partial charge in [-0.1, -0.05) is 47.5 Å². The molecule has 0 atom stereocenters. The van der Waals surface area contributed by atoms with Crippen LogP contribution in [0, 0.1) is 32.6 Å². The van der Waals surface area contributed by atoms with E-state index in [4.69, 9.17) is 0 Å². The molecule has 1 aliphatic carbocycles. The van der Waals surface area contributed by atoms with E-state index in [-0.39, 0.29) is 23.7 Å². The Balaban J connectivity index is 1.46. The number of hydrogen-bond acceptors (Lipinski definition) is 2. The molecule has 28 heavy (non-hydrogen) atoms. The molecule has 0 heterocycles. The van der Waals surface area contributed by atoms with E-state index < -0.39 is 0 Å². The van der Waals surface area contributed by atoms with Crippen LogP contribution in [-0.2, 0) is 16.1 Å². The summed E-state index contributed by atoms with van der Waals surface area (Å²) in [5.74, 6) is 0.178. The Bertz CT molecular complexity index is 851. The first-order valence-electron chi connectivity index (χ1n) is 10.1. The van der Waals surface area contributed by atoms with E-state index in [0.717, 1.165) is 42.5 Å². The summed E-state index contributed by atoms with van der Waals surface area (Å²) in [6.45, 7) is 6.67. The Morgan fingerprint density at radius 1 is 0.857 bits per heavy atom. The fraction of sp³-hybridized carbons (Fsp3) is 0.417. The van der Waals surface area contributed by atoms with Crippen LogP contribution in [0.5, 0.6) is 0 Å². The zero-order chi connectivity index (χ0) is 20.1. The first kappa shape index (κ1) is 20.1. The van der Waals surface area contributed by atoms with Gasteiger partial charge in [-0.25, -0.2) is 0 Å². The van der Waals surface area contributed by atoms with E-state index in [9.17, 15) is 9.59 Å². The van der Waals surface area contributed by atoms with E-state index in [1.165, 1.54) is 11.1 Å². The van der Waals surface area contributed by atoms with Gasteiger partial charge in [-0.3, -0.25) is 9.59 Å². The lowest BCUT2D eigenvalue weighted by molar-refractivity contribution is -0.128. The Morgan fingerprint density at radius 2 is 1.50 bits per heavy atom. The summed E-state index contributed by atoms with van der Waals surface area (Å²) in [4.78, 5) is 25.1. The zero-order valence-electron chi connectivity index (χ0n) is 17.0. The third kappa shape index (κ3) is 5.22. The number of rotatable bonds is 5. The number of carbonyl (C=O) groups is 2. The fourth-order valence-corrected chi connectivity index (χ4v) is 3.96. The molecule has 0 unspecified atom stereocenters. The number of amides is 2. The van der Waals surface area contributed by atoms with Gasteiger partial charge in [0, 0.05) is 24.1 Å². The highest BCUT2D eigenvalue weighted by atomic mass is 16.2. The zero-order valence-corrected chi connectivity index (χ0v) is 17.0. The minimum absolute atomic E-state index is 0.00923. The Labute approximate surface area is 167 Å². The summed E-state index contributed by atoms with van der Waals surface area (Å²) in [6, 6.07) is 14.2. The predicted octanol–water partition coefficient (Wildman–Crippen LogP) is 4.67. The summed E-state index contributed by atoms with van der Waals surface area (Å²) in [5.41, 5.74) is 5.47. The third-order valence-corrected chi connectivity index (χ3v) is 5.66. The van der Waals surface area contributed by atoms with Gasteiger partial charge >= 0.3 is 0 Å². The highest BCUT2D eigenvalue weighted by molar-refractivity contribution is 5.93. The lowest BCUT2D eigenvalue weighted by atomic mass is 9.81. The highest BCUT2D eigenvalue weighted by Crippen LogP contribution is 2.30. The summed E-state index contributed by atoms with van der Waals surface area (Å²) in [6.07, 6.45) is 3.06. The monoisotopic (exact) mass is 378 g/mol. The second kappa shape index (κ2) is 9.05. The smallest absolute Gasteiger partial charge is 0.227 e. The topological polar surface area (TPSA) is 58.2 Å². The molecule has 0 saturated heterocycles.